The third-order valence-electron chi connectivity index (χ3n) is 2.67. The van der Waals surface area contributed by atoms with Crippen LogP contribution >= 0.6 is 11.8 Å². The number of carbonyl (C=O) groups is 1. The summed E-state index contributed by atoms with van der Waals surface area (Å²) in [6.07, 6.45) is 0.862. The lowest BCUT2D eigenvalue weighted by Crippen LogP contribution is -2.04. The van der Waals surface area contributed by atoms with Gasteiger partial charge in [-0.2, -0.15) is 0 Å². The van der Waals surface area contributed by atoms with E-state index in [4.69, 9.17) is 0 Å². The minimum Gasteiger partial charge on any atom is -0.755 e. The molecule has 1 N–H and O–H groups in total. The Balaban J connectivity index is 2.38. The summed E-state index contributed by atoms with van der Waals surface area (Å²) in [5, 5.41) is 0. The van der Waals surface area contributed by atoms with Gasteiger partial charge in [-0.3, -0.25) is 4.21 Å². The number of rotatable bonds is 6. The van der Waals surface area contributed by atoms with E-state index in [-0.39, 0.29) is 17.0 Å². The van der Waals surface area contributed by atoms with Gasteiger partial charge in [-0.05, 0) is 29.8 Å². The maximum absolute atomic E-state index is 13.7. The van der Waals surface area contributed by atoms with E-state index < -0.39 is 22.9 Å². The molecule has 0 amide bonds. The lowest BCUT2D eigenvalue weighted by atomic mass is 10.1. The Morgan fingerprint density at radius 3 is 2.59 bits per heavy atom. The molecule has 2 aromatic carbocycles. The first kappa shape index (κ1) is 16.6. The highest BCUT2D eigenvalue weighted by Crippen LogP contribution is 2.36. The highest BCUT2D eigenvalue weighted by Gasteiger charge is 2.10. The molecule has 2 aromatic rings. The molecule has 0 bridgehead atoms. The van der Waals surface area contributed by atoms with E-state index in [9.17, 15) is 22.3 Å². The molecular weight excluding hydrogens is 332 g/mol. The highest BCUT2D eigenvalue weighted by atomic mass is 32.2. The molecule has 8 heteroatoms. The summed E-state index contributed by atoms with van der Waals surface area (Å²) in [5.74, 6) is -1.45. The van der Waals surface area contributed by atoms with Crippen LogP contribution in [0, 0.1) is 11.6 Å². The summed E-state index contributed by atoms with van der Waals surface area (Å²) < 4.78 is 50.4. The van der Waals surface area contributed by atoms with Crippen LogP contribution in [0.15, 0.2) is 46.2 Å². The Bertz CT molecular complexity index is 725. The van der Waals surface area contributed by atoms with Crippen molar-refractivity contribution in [3.63, 3.8) is 0 Å². The standard InChI is InChI=1S/C14H11F2NO3S2/c15-10-2-4-13(11(16)8-10)21-14-7-9(5-6-18)1-3-12(14)17-22(19)20/h1-4,6-8,17H,5H2,(H,19,20)/p-1. The monoisotopic (exact) mass is 342 g/mol. The summed E-state index contributed by atoms with van der Waals surface area (Å²) in [7, 11) is 0. The summed E-state index contributed by atoms with van der Waals surface area (Å²) in [4.78, 5) is 11.1. The summed E-state index contributed by atoms with van der Waals surface area (Å²) in [5.41, 5.74) is 0.902. The van der Waals surface area contributed by atoms with Gasteiger partial charge in [0.15, 0.2) is 0 Å². The van der Waals surface area contributed by atoms with Crippen LogP contribution in [0.1, 0.15) is 5.56 Å². The quantitative estimate of drug-likeness (QED) is 0.647. The number of hydrogen-bond donors (Lipinski definition) is 1. The average Bonchev–Trinajstić information content (AvgIpc) is 2.44. The zero-order chi connectivity index (χ0) is 16.1. The Hall–Kier alpha value is -1.77. The largest absolute Gasteiger partial charge is 0.755 e. The SMILES string of the molecule is O=CCc1ccc(NS(=O)[O-])c(Sc2ccc(F)cc2F)c1. The second-order valence-corrected chi connectivity index (χ2v) is 5.97. The fourth-order valence-electron chi connectivity index (χ4n) is 1.72. The summed E-state index contributed by atoms with van der Waals surface area (Å²) in [6.45, 7) is 0. The topological polar surface area (TPSA) is 69.2 Å². The van der Waals surface area contributed by atoms with Crippen molar-refractivity contribution in [2.75, 3.05) is 4.72 Å². The number of hydrogen-bond acceptors (Lipinski definition) is 4. The number of aldehydes is 1. The second kappa shape index (κ2) is 7.48. The maximum atomic E-state index is 13.7. The molecule has 2 rings (SSSR count). The van der Waals surface area contributed by atoms with Gasteiger partial charge in [0, 0.05) is 33.5 Å². The first-order chi connectivity index (χ1) is 10.5. The molecule has 0 spiro atoms. The molecule has 4 nitrogen and oxygen atoms in total. The van der Waals surface area contributed by atoms with Crippen molar-refractivity contribution in [1.82, 2.24) is 0 Å². The van der Waals surface area contributed by atoms with Crippen LogP contribution in [-0.4, -0.2) is 15.0 Å². The van der Waals surface area contributed by atoms with E-state index in [0.717, 1.165) is 23.9 Å². The Kier molecular flexibility index (Phi) is 5.64. The van der Waals surface area contributed by atoms with Gasteiger partial charge < -0.3 is 14.1 Å². The summed E-state index contributed by atoms with van der Waals surface area (Å²) >= 11 is -1.60. The van der Waals surface area contributed by atoms with E-state index >= 15 is 0 Å². The minimum atomic E-state index is -2.54. The van der Waals surface area contributed by atoms with Crippen LogP contribution in [-0.2, 0) is 22.5 Å². The third-order valence-corrected chi connectivity index (χ3v) is 4.17. The normalized spacial score (nSPS) is 12.0. The lowest BCUT2D eigenvalue weighted by Gasteiger charge is -2.14. The van der Waals surface area contributed by atoms with Gasteiger partial charge in [-0.15, -0.1) is 0 Å². The molecule has 0 aliphatic rings. The summed E-state index contributed by atoms with van der Waals surface area (Å²) in [6, 6.07) is 7.78. The number of halogens is 2. The van der Waals surface area contributed by atoms with Crippen molar-refractivity contribution in [2.45, 2.75) is 16.2 Å². The van der Waals surface area contributed by atoms with Crippen molar-refractivity contribution < 1.29 is 22.3 Å². The molecule has 0 aliphatic carbocycles. The van der Waals surface area contributed by atoms with Crippen LogP contribution in [0.5, 0.6) is 0 Å². The first-order valence-corrected chi connectivity index (χ1v) is 7.94. The number of anilines is 1. The zero-order valence-electron chi connectivity index (χ0n) is 11.0. The van der Waals surface area contributed by atoms with Gasteiger partial charge in [0.05, 0.1) is 5.69 Å². The fourth-order valence-corrected chi connectivity index (χ4v) is 3.12. The average molecular weight is 342 g/mol. The van der Waals surface area contributed by atoms with E-state index in [1.807, 2.05) is 0 Å². The molecule has 0 aromatic heterocycles. The smallest absolute Gasteiger partial charge is 0.140 e. The van der Waals surface area contributed by atoms with Crippen LogP contribution in [0.25, 0.3) is 0 Å². The van der Waals surface area contributed by atoms with Crippen molar-refractivity contribution in [3.05, 3.63) is 53.6 Å². The van der Waals surface area contributed by atoms with Gasteiger partial charge >= 0.3 is 0 Å². The van der Waals surface area contributed by atoms with Crippen LogP contribution in [0.3, 0.4) is 0 Å². The van der Waals surface area contributed by atoms with E-state index in [0.29, 0.717) is 16.7 Å². The van der Waals surface area contributed by atoms with Crippen molar-refractivity contribution >= 4 is 35.0 Å². The van der Waals surface area contributed by atoms with E-state index in [1.54, 1.807) is 12.1 Å². The number of carbonyl (C=O) groups excluding carboxylic acids is 1. The molecule has 116 valence electrons. The Morgan fingerprint density at radius 1 is 1.18 bits per heavy atom. The molecule has 22 heavy (non-hydrogen) atoms. The maximum Gasteiger partial charge on any atom is 0.140 e. The van der Waals surface area contributed by atoms with Crippen LogP contribution < -0.4 is 4.72 Å². The molecule has 1 atom stereocenters. The second-order valence-electron chi connectivity index (χ2n) is 4.21. The molecule has 0 saturated carbocycles. The third kappa shape index (κ3) is 4.36. The van der Waals surface area contributed by atoms with Gasteiger partial charge in [0.1, 0.15) is 17.9 Å². The van der Waals surface area contributed by atoms with Crippen LogP contribution in [0.2, 0.25) is 0 Å². The molecule has 0 radical (unpaired) electrons. The zero-order valence-corrected chi connectivity index (χ0v) is 12.7. The Labute approximate surface area is 132 Å². The molecular formula is C14H10F2NO3S2-. The van der Waals surface area contributed by atoms with Gasteiger partial charge in [0.2, 0.25) is 0 Å². The van der Waals surface area contributed by atoms with Crippen molar-refractivity contribution in [3.8, 4) is 0 Å². The molecule has 0 aliphatic heterocycles. The molecule has 0 saturated heterocycles. The van der Waals surface area contributed by atoms with Gasteiger partial charge in [0.25, 0.3) is 0 Å². The van der Waals surface area contributed by atoms with E-state index in [2.05, 4.69) is 4.72 Å². The van der Waals surface area contributed by atoms with E-state index in [1.165, 1.54) is 12.1 Å². The predicted molar refractivity (Wildman–Crippen MR) is 79.2 cm³/mol. The minimum absolute atomic E-state index is 0.143. The lowest BCUT2D eigenvalue weighted by molar-refractivity contribution is -0.107. The van der Waals surface area contributed by atoms with Crippen molar-refractivity contribution in [1.29, 1.82) is 0 Å². The molecule has 0 heterocycles. The Morgan fingerprint density at radius 2 is 1.95 bits per heavy atom. The molecule has 0 fully saturated rings. The first-order valence-electron chi connectivity index (χ1n) is 6.05. The van der Waals surface area contributed by atoms with Gasteiger partial charge in [-0.1, -0.05) is 17.8 Å². The number of benzene rings is 2. The fraction of sp³-hybridized carbons (Fsp3) is 0.0714. The number of nitrogens with one attached hydrogen (secondary N) is 1. The van der Waals surface area contributed by atoms with Crippen LogP contribution in [0.4, 0.5) is 14.5 Å². The highest BCUT2D eigenvalue weighted by molar-refractivity contribution is 7.99. The molecule has 1 unspecified atom stereocenters. The predicted octanol–water partition coefficient (Wildman–Crippen LogP) is 3.06. The van der Waals surface area contributed by atoms with Crippen molar-refractivity contribution in [2.24, 2.45) is 0 Å². The van der Waals surface area contributed by atoms with Gasteiger partial charge in [-0.25, -0.2) is 8.78 Å².